The van der Waals surface area contributed by atoms with Crippen molar-refractivity contribution in [3.05, 3.63) is 47.5 Å². The monoisotopic (exact) mass is 431 g/mol. The van der Waals surface area contributed by atoms with E-state index in [-0.39, 0.29) is 5.91 Å². The molecular weight excluding hydrogens is 402 g/mol. The number of carbonyl (C=O) groups is 1. The third kappa shape index (κ3) is 6.28. The van der Waals surface area contributed by atoms with Gasteiger partial charge in [-0.15, -0.1) is 0 Å². The average molecular weight is 432 g/mol. The summed E-state index contributed by atoms with van der Waals surface area (Å²) in [5.41, 5.74) is 1.78. The fraction of sp³-hybridized carbons (Fsp3) is 0.435. The Kier molecular flexibility index (Phi) is 8.22. The molecular formula is C23H30ClN3O3. The summed E-state index contributed by atoms with van der Waals surface area (Å²) in [5, 5.41) is 3.64. The van der Waals surface area contributed by atoms with Crippen molar-refractivity contribution in [1.29, 1.82) is 0 Å². The Morgan fingerprint density at radius 2 is 1.77 bits per heavy atom. The van der Waals surface area contributed by atoms with Gasteiger partial charge < -0.3 is 24.6 Å². The number of ether oxygens (including phenoxy) is 2. The summed E-state index contributed by atoms with van der Waals surface area (Å²) >= 11 is 6.19. The molecule has 1 saturated heterocycles. The number of likely N-dealkylation sites (N-methyl/N-ethyl adjacent to an activating group) is 1. The second kappa shape index (κ2) is 11.1. The molecule has 162 valence electrons. The Morgan fingerprint density at radius 3 is 2.47 bits per heavy atom. The van der Waals surface area contributed by atoms with Crippen molar-refractivity contribution in [2.45, 2.75) is 19.8 Å². The number of nitrogens with one attached hydrogen (secondary N) is 1. The average Bonchev–Trinajstić information content (AvgIpc) is 2.73. The Labute approximate surface area is 183 Å². The molecule has 1 N–H and O–H groups in total. The van der Waals surface area contributed by atoms with Gasteiger partial charge in [0.15, 0.2) is 11.5 Å². The molecule has 1 aliphatic heterocycles. The molecule has 1 fully saturated rings. The molecule has 0 aromatic heterocycles. The highest BCUT2D eigenvalue weighted by Crippen LogP contribution is 2.30. The van der Waals surface area contributed by atoms with E-state index < -0.39 is 0 Å². The third-order valence-corrected chi connectivity index (χ3v) is 5.27. The predicted octanol–water partition coefficient (Wildman–Crippen LogP) is 4.29. The van der Waals surface area contributed by atoms with Crippen LogP contribution in [0.1, 0.15) is 19.8 Å². The van der Waals surface area contributed by atoms with Gasteiger partial charge in [0.1, 0.15) is 0 Å². The van der Waals surface area contributed by atoms with Crippen LogP contribution in [0.25, 0.3) is 0 Å². The van der Waals surface area contributed by atoms with Crippen LogP contribution in [0.5, 0.6) is 11.5 Å². The zero-order chi connectivity index (χ0) is 21.3. The van der Waals surface area contributed by atoms with Gasteiger partial charge in [-0.1, -0.05) is 23.7 Å². The van der Waals surface area contributed by atoms with Crippen LogP contribution in [0.2, 0.25) is 5.02 Å². The van der Waals surface area contributed by atoms with Gasteiger partial charge in [-0.05, 0) is 50.7 Å². The maximum absolute atomic E-state index is 12.5. The number of anilines is 2. The lowest BCUT2D eigenvalue weighted by Gasteiger charge is -2.35. The summed E-state index contributed by atoms with van der Waals surface area (Å²) in [5.74, 6) is 1.38. The molecule has 1 heterocycles. The van der Waals surface area contributed by atoms with Crippen molar-refractivity contribution in [2.24, 2.45) is 0 Å². The molecule has 2 aromatic rings. The van der Waals surface area contributed by atoms with Crippen molar-refractivity contribution in [1.82, 2.24) is 4.90 Å². The van der Waals surface area contributed by atoms with Gasteiger partial charge in [-0.2, -0.15) is 0 Å². The fourth-order valence-corrected chi connectivity index (χ4v) is 3.58. The zero-order valence-corrected chi connectivity index (χ0v) is 18.5. The number of piperazine rings is 1. The lowest BCUT2D eigenvalue weighted by molar-refractivity contribution is -0.116. The third-order valence-electron chi connectivity index (χ3n) is 5.03. The maximum atomic E-state index is 12.5. The molecule has 1 amide bonds. The normalized spacial score (nSPS) is 14.4. The van der Waals surface area contributed by atoms with E-state index in [0.717, 1.165) is 43.3 Å². The van der Waals surface area contributed by atoms with Gasteiger partial charge in [0.05, 0.1) is 24.6 Å². The summed E-state index contributed by atoms with van der Waals surface area (Å²) < 4.78 is 11.4. The number of hydrogen-bond acceptors (Lipinski definition) is 5. The molecule has 0 radical (unpaired) electrons. The molecule has 0 unspecified atom stereocenters. The van der Waals surface area contributed by atoms with Crippen molar-refractivity contribution < 1.29 is 14.3 Å². The highest BCUT2D eigenvalue weighted by Gasteiger charge is 2.18. The van der Waals surface area contributed by atoms with E-state index in [1.54, 1.807) is 0 Å². The Balaban J connectivity index is 1.52. The van der Waals surface area contributed by atoms with Gasteiger partial charge in [0.2, 0.25) is 5.91 Å². The van der Waals surface area contributed by atoms with Gasteiger partial charge in [0, 0.05) is 37.6 Å². The second-order valence-electron chi connectivity index (χ2n) is 7.33. The fourth-order valence-electron chi connectivity index (χ4n) is 3.40. The number of halogens is 1. The van der Waals surface area contributed by atoms with E-state index in [0.29, 0.717) is 36.8 Å². The Morgan fingerprint density at radius 1 is 1.07 bits per heavy atom. The molecule has 6 nitrogen and oxygen atoms in total. The largest absolute Gasteiger partial charge is 0.490 e. The lowest BCUT2D eigenvalue weighted by atomic mass is 10.2. The van der Waals surface area contributed by atoms with E-state index in [1.165, 1.54) is 0 Å². The highest BCUT2D eigenvalue weighted by molar-refractivity contribution is 6.31. The molecule has 0 atom stereocenters. The van der Waals surface area contributed by atoms with Crippen LogP contribution >= 0.6 is 11.6 Å². The van der Waals surface area contributed by atoms with Gasteiger partial charge in [-0.25, -0.2) is 0 Å². The number of benzene rings is 2. The summed E-state index contributed by atoms with van der Waals surface area (Å²) in [4.78, 5) is 17.1. The number of para-hydroxylation sites is 2. The second-order valence-corrected chi connectivity index (χ2v) is 7.77. The molecule has 7 heteroatoms. The Bertz CT molecular complexity index is 838. The van der Waals surface area contributed by atoms with E-state index in [9.17, 15) is 4.79 Å². The SMILES string of the molecule is CCOc1ccccc1OCCCC(=O)Nc1cc(Cl)ccc1N1CCN(C)CC1. The minimum Gasteiger partial charge on any atom is -0.490 e. The smallest absolute Gasteiger partial charge is 0.224 e. The van der Waals surface area contributed by atoms with Crippen molar-refractivity contribution in [3.63, 3.8) is 0 Å². The van der Waals surface area contributed by atoms with Gasteiger partial charge >= 0.3 is 0 Å². The van der Waals surface area contributed by atoms with Crippen LogP contribution in [-0.2, 0) is 4.79 Å². The van der Waals surface area contributed by atoms with Crippen molar-refractivity contribution in [2.75, 3.05) is 56.7 Å². The molecule has 0 spiro atoms. The first kappa shape index (κ1) is 22.2. The first-order chi connectivity index (χ1) is 14.6. The van der Waals surface area contributed by atoms with Crippen LogP contribution in [-0.4, -0.2) is 57.2 Å². The number of carbonyl (C=O) groups excluding carboxylic acids is 1. The summed E-state index contributed by atoms with van der Waals surface area (Å²) in [6, 6.07) is 13.2. The first-order valence-corrected chi connectivity index (χ1v) is 10.8. The van der Waals surface area contributed by atoms with Crippen LogP contribution in [0.3, 0.4) is 0 Å². The van der Waals surface area contributed by atoms with Crippen molar-refractivity contribution in [3.8, 4) is 11.5 Å². The minimum absolute atomic E-state index is 0.0469. The molecule has 0 saturated carbocycles. The van der Waals surface area contributed by atoms with Crippen LogP contribution < -0.4 is 19.7 Å². The van der Waals surface area contributed by atoms with E-state index >= 15 is 0 Å². The lowest BCUT2D eigenvalue weighted by Crippen LogP contribution is -2.44. The standard InChI is InChI=1S/C23H30ClN3O3/c1-3-29-21-7-4-5-8-22(21)30-16-6-9-23(28)25-19-17-18(24)10-11-20(19)27-14-12-26(2)13-15-27/h4-5,7-8,10-11,17H,3,6,9,12-16H2,1-2H3,(H,25,28). The number of hydrogen-bond donors (Lipinski definition) is 1. The summed E-state index contributed by atoms with van der Waals surface area (Å²) in [6.45, 7) is 6.80. The van der Waals surface area contributed by atoms with Gasteiger partial charge in [-0.3, -0.25) is 4.79 Å². The molecule has 1 aliphatic rings. The van der Waals surface area contributed by atoms with Gasteiger partial charge in [0.25, 0.3) is 0 Å². The molecule has 30 heavy (non-hydrogen) atoms. The summed E-state index contributed by atoms with van der Waals surface area (Å²) in [7, 11) is 2.12. The molecule has 0 aliphatic carbocycles. The number of nitrogens with zero attached hydrogens (tertiary/aromatic N) is 2. The predicted molar refractivity (Wildman–Crippen MR) is 122 cm³/mol. The number of amides is 1. The van der Waals surface area contributed by atoms with Crippen LogP contribution in [0, 0.1) is 0 Å². The van der Waals surface area contributed by atoms with Crippen LogP contribution in [0.15, 0.2) is 42.5 Å². The zero-order valence-electron chi connectivity index (χ0n) is 17.7. The van der Waals surface area contributed by atoms with E-state index in [2.05, 4.69) is 22.2 Å². The van der Waals surface area contributed by atoms with E-state index in [1.807, 2.05) is 49.4 Å². The summed E-state index contributed by atoms with van der Waals surface area (Å²) in [6.07, 6.45) is 0.974. The number of rotatable bonds is 9. The maximum Gasteiger partial charge on any atom is 0.224 e. The molecule has 2 aromatic carbocycles. The van der Waals surface area contributed by atoms with Crippen LogP contribution in [0.4, 0.5) is 11.4 Å². The Hall–Kier alpha value is -2.44. The van der Waals surface area contributed by atoms with Crippen molar-refractivity contribution >= 4 is 28.9 Å². The van der Waals surface area contributed by atoms with E-state index in [4.69, 9.17) is 21.1 Å². The molecule has 3 rings (SSSR count). The quantitative estimate of drug-likeness (QED) is 0.600. The minimum atomic E-state index is -0.0469. The molecule has 0 bridgehead atoms. The first-order valence-electron chi connectivity index (χ1n) is 10.4. The highest BCUT2D eigenvalue weighted by atomic mass is 35.5. The topological polar surface area (TPSA) is 54.0 Å².